The minimum Gasteiger partial charge on any atom is -0.497 e. The number of aryl methyl sites for hydroxylation is 3. The summed E-state index contributed by atoms with van der Waals surface area (Å²) in [4.78, 5) is 10.2. The topological polar surface area (TPSA) is 45.9 Å². The van der Waals surface area contributed by atoms with Gasteiger partial charge in [-0.05, 0) is 68.5 Å². The van der Waals surface area contributed by atoms with Crippen LogP contribution in [0.5, 0.6) is 5.75 Å². The third-order valence-corrected chi connectivity index (χ3v) is 7.34. The number of fused-ring (bicyclic) bond motifs is 2. The molecule has 3 heterocycles. The number of aromatic nitrogens is 3. The van der Waals surface area contributed by atoms with Gasteiger partial charge < -0.3 is 14.5 Å². The van der Waals surface area contributed by atoms with Crippen LogP contribution >= 0.6 is 24.8 Å². The molecule has 0 N–H and O–H groups in total. The van der Waals surface area contributed by atoms with E-state index in [1.807, 2.05) is 6.07 Å². The molecule has 4 aromatic rings. The largest absolute Gasteiger partial charge is 0.497 e. The van der Waals surface area contributed by atoms with Crippen molar-refractivity contribution in [2.24, 2.45) is 0 Å². The first kappa shape index (κ1) is 26.1. The van der Waals surface area contributed by atoms with Crippen molar-refractivity contribution < 1.29 is 4.74 Å². The molecule has 1 aliphatic carbocycles. The van der Waals surface area contributed by atoms with Crippen LogP contribution in [0.1, 0.15) is 28.9 Å². The molecule has 0 unspecified atom stereocenters. The van der Waals surface area contributed by atoms with Crippen LogP contribution in [0.25, 0.3) is 16.8 Å². The number of rotatable bonds is 4. The van der Waals surface area contributed by atoms with Gasteiger partial charge in [0.15, 0.2) is 5.65 Å². The number of halogens is 2. The lowest BCUT2D eigenvalue weighted by Gasteiger charge is -2.38. The highest BCUT2D eigenvalue weighted by Gasteiger charge is 2.29. The zero-order chi connectivity index (χ0) is 23.2. The van der Waals surface area contributed by atoms with Crippen LogP contribution in [0, 0.1) is 13.8 Å². The Morgan fingerprint density at radius 3 is 2.28 bits per heavy atom. The molecule has 6 rings (SSSR count). The number of hydrogen-bond acceptors (Lipinski definition) is 5. The molecule has 36 heavy (non-hydrogen) atoms. The van der Waals surface area contributed by atoms with Crippen LogP contribution in [0.3, 0.4) is 0 Å². The predicted molar refractivity (Wildman–Crippen MR) is 152 cm³/mol. The highest BCUT2D eigenvalue weighted by atomic mass is 35.5. The van der Waals surface area contributed by atoms with E-state index in [0.29, 0.717) is 0 Å². The third-order valence-electron chi connectivity index (χ3n) is 7.34. The number of ether oxygens (including phenoxy) is 1. The summed E-state index contributed by atoms with van der Waals surface area (Å²) >= 11 is 0. The Hall–Kier alpha value is -2.96. The lowest BCUT2D eigenvalue weighted by atomic mass is 10.0. The molecule has 2 aliphatic rings. The first-order chi connectivity index (χ1) is 16.6. The molecule has 0 spiro atoms. The second-order valence-corrected chi connectivity index (χ2v) is 9.40. The highest BCUT2D eigenvalue weighted by molar-refractivity contribution is 5.86. The zero-order valence-corrected chi connectivity index (χ0v) is 22.7. The lowest BCUT2D eigenvalue weighted by Crippen LogP contribution is -2.47. The Balaban J connectivity index is 0.00000152. The molecule has 8 heteroatoms. The molecule has 1 saturated heterocycles. The fourth-order valence-corrected chi connectivity index (χ4v) is 5.61. The Labute approximate surface area is 225 Å². The molecular weight excluding hydrogens is 493 g/mol. The number of para-hydroxylation sites is 1. The number of piperazine rings is 1. The fraction of sp³-hybridized carbons (Fsp3) is 0.357. The van der Waals surface area contributed by atoms with E-state index in [1.54, 1.807) is 7.11 Å². The molecule has 2 aromatic carbocycles. The van der Waals surface area contributed by atoms with Gasteiger partial charge >= 0.3 is 0 Å². The van der Waals surface area contributed by atoms with Crippen molar-refractivity contribution in [2.75, 3.05) is 43.1 Å². The van der Waals surface area contributed by atoms with Crippen molar-refractivity contribution in [3.05, 3.63) is 71.0 Å². The van der Waals surface area contributed by atoms with Gasteiger partial charge in [-0.1, -0.05) is 24.3 Å². The van der Waals surface area contributed by atoms with E-state index in [4.69, 9.17) is 14.8 Å². The van der Waals surface area contributed by atoms with Gasteiger partial charge in [-0.3, -0.25) is 0 Å². The van der Waals surface area contributed by atoms with Crippen LogP contribution in [0.2, 0.25) is 0 Å². The van der Waals surface area contributed by atoms with Crippen molar-refractivity contribution in [3.63, 3.8) is 0 Å². The van der Waals surface area contributed by atoms with Gasteiger partial charge in [0.25, 0.3) is 0 Å². The summed E-state index contributed by atoms with van der Waals surface area (Å²) in [6.45, 7) is 8.22. The molecule has 2 aromatic heterocycles. The van der Waals surface area contributed by atoms with Crippen LogP contribution in [0.15, 0.2) is 48.5 Å². The highest BCUT2D eigenvalue weighted by Crippen LogP contribution is 2.38. The van der Waals surface area contributed by atoms with Crippen LogP contribution in [-0.4, -0.2) is 47.9 Å². The predicted octanol–water partition coefficient (Wildman–Crippen LogP) is 5.68. The molecule has 0 radical (unpaired) electrons. The Kier molecular flexibility index (Phi) is 7.67. The quantitative estimate of drug-likeness (QED) is 0.343. The first-order valence-corrected chi connectivity index (χ1v) is 12.2. The van der Waals surface area contributed by atoms with Gasteiger partial charge in [0.2, 0.25) is 0 Å². The third kappa shape index (κ3) is 4.37. The summed E-state index contributed by atoms with van der Waals surface area (Å²) in [6.07, 6.45) is 3.30. The minimum atomic E-state index is 0. The minimum absolute atomic E-state index is 0. The first-order valence-electron chi connectivity index (χ1n) is 12.2. The molecule has 0 bridgehead atoms. The summed E-state index contributed by atoms with van der Waals surface area (Å²) in [5.74, 6) is 2.13. The molecule has 1 fully saturated rings. The van der Waals surface area contributed by atoms with E-state index in [-0.39, 0.29) is 24.8 Å². The Morgan fingerprint density at radius 1 is 0.861 bits per heavy atom. The van der Waals surface area contributed by atoms with E-state index in [0.717, 1.165) is 61.7 Å². The van der Waals surface area contributed by atoms with Gasteiger partial charge in [-0.25, -0.2) is 4.98 Å². The molecule has 190 valence electrons. The van der Waals surface area contributed by atoms with E-state index < -0.39 is 0 Å². The van der Waals surface area contributed by atoms with Gasteiger partial charge in [0.05, 0.1) is 12.8 Å². The number of nitrogens with zero attached hydrogens (tertiary/aromatic N) is 5. The molecular formula is C28H33Cl2N5O. The van der Waals surface area contributed by atoms with Crippen LogP contribution < -0.4 is 14.5 Å². The van der Waals surface area contributed by atoms with Gasteiger partial charge in [-0.2, -0.15) is 9.61 Å². The standard InChI is InChI=1S/C28H31N5O.2ClH/c1-19-18-22(34-3)12-13-23(19)26-20(2)30-33-27(26)29-25-11-7-10-24(25)28(33)32-16-14-31(15-17-32)21-8-5-4-6-9-21;;/h4-6,8-9,12-13,18H,7,10-11,14-17H2,1-3H3;2*1H. The number of anilines is 2. The number of methoxy groups -OCH3 is 1. The van der Waals surface area contributed by atoms with Gasteiger partial charge in [0, 0.05) is 48.7 Å². The normalized spacial score (nSPS) is 14.9. The monoisotopic (exact) mass is 525 g/mol. The van der Waals surface area contributed by atoms with Crippen LogP contribution in [-0.2, 0) is 12.8 Å². The molecule has 0 atom stereocenters. The molecule has 0 saturated carbocycles. The summed E-state index contributed by atoms with van der Waals surface area (Å²) in [5, 5.41) is 5.07. The Morgan fingerprint density at radius 2 is 1.58 bits per heavy atom. The Bertz CT molecular complexity index is 1360. The zero-order valence-electron chi connectivity index (χ0n) is 21.0. The maximum atomic E-state index is 5.44. The summed E-state index contributed by atoms with van der Waals surface area (Å²) in [7, 11) is 1.71. The van der Waals surface area contributed by atoms with Crippen LogP contribution in [0.4, 0.5) is 11.5 Å². The fourth-order valence-electron chi connectivity index (χ4n) is 5.61. The van der Waals surface area contributed by atoms with Gasteiger partial charge in [0.1, 0.15) is 11.6 Å². The van der Waals surface area contributed by atoms with E-state index in [2.05, 4.69) is 70.6 Å². The average Bonchev–Trinajstić information content (AvgIpc) is 3.46. The molecule has 6 nitrogen and oxygen atoms in total. The molecule has 1 aliphatic heterocycles. The lowest BCUT2D eigenvalue weighted by molar-refractivity contribution is 0.414. The second-order valence-electron chi connectivity index (χ2n) is 9.40. The molecule has 0 amide bonds. The van der Waals surface area contributed by atoms with Crippen molar-refractivity contribution in [3.8, 4) is 16.9 Å². The second kappa shape index (κ2) is 10.6. The average molecular weight is 527 g/mol. The van der Waals surface area contributed by atoms with Crippen molar-refractivity contribution in [2.45, 2.75) is 33.1 Å². The maximum Gasteiger partial charge on any atom is 0.165 e. The number of benzene rings is 2. The maximum absolute atomic E-state index is 5.44. The van der Waals surface area contributed by atoms with Crippen molar-refractivity contribution in [1.82, 2.24) is 14.6 Å². The SMILES string of the molecule is COc1ccc(-c2c(C)nn3c(N4CCN(c5ccccc5)CC4)c4c(nc23)CCC4)c(C)c1.Cl.Cl. The number of hydrogen-bond donors (Lipinski definition) is 0. The van der Waals surface area contributed by atoms with Crippen molar-refractivity contribution in [1.29, 1.82) is 0 Å². The van der Waals surface area contributed by atoms with E-state index >= 15 is 0 Å². The summed E-state index contributed by atoms with van der Waals surface area (Å²) in [6, 6.07) is 17.0. The van der Waals surface area contributed by atoms with E-state index in [9.17, 15) is 0 Å². The van der Waals surface area contributed by atoms with Gasteiger partial charge in [-0.15, -0.1) is 24.8 Å². The van der Waals surface area contributed by atoms with Crippen molar-refractivity contribution >= 4 is 42.0 Å². The van der Waals surface area contributed by atoms with E-state index in [1.165, 1.54) is 40.3 Å². The smallest absolute Gasteiger partial charge is 0.165 e. The summed E-state index contributed by atoms with van der Waals surface area (Å²) < 4.78 is 7.57. The summed E-state index contributed by atoms with van der Waals surface area (Å²) in [5.41, 5.74) is 9.44.